The molecule has 128 valence electrons. The normalized spacial score (nSPS) is 10.8. The largest absolute Gasteiger partial charge is 0.289 e. The number of amides is 1. The second kappa shape index (κ2) is 6.46. The van der Waals surface area contributed by atoms with E-state index in [-0.39, 0.29) is 28.5 Å². The van der Waals surface area contributed by atoms with Crippen molar-refractivity contribution in [1.82, 2.24) is 15.2 Å². The molecule has 3 aromatic rings. The van der Waals surface area contributed by atoms with Crippen LogP contribution in [0.5, 0.6) is 0 Å². The highest BCUT2D eigenvalue weighted by Crippen LogP contribution is 2.25. The molecule has 0 fully saturated rings. The van der Waals surface area contributed by atoms with E-state index in [4.69, 9.17) is 17.4 Å². The summed E-state index contributed by atoms with van der Waals surface area (Å²) < 4.78 is 15.3. The van der Waals surface area contributed by atoms with Crippen LogP contribution in [-0.2, 0) is 6.54 Å². The summed E-state index contributed by atoms with van der Waals surface area (Å²) in [7, 11) is 0. The summed E-state index contributed by atoms with van der Waals surface area (Å²) in [4.78, 5) is 22.3. The number of carbonyl (C=O) groups is 1. The molecule has 1 aromatic heterocycles. The number of halogens is 2. The van der Waals surface area contributed by atoms with Crippen LogP contribution in [0.15, 0.2) is 36.4 Å². The van der Waals surface area contributed by atoms with Gasteiger partial charge in [-0.1, -0.05) is 17.7 Å². The number of non-ortho nitro benzene ring substituents is 1. The number of hydrogen-bond donors (Lipinski definition) is 2. The Morgan fingerprint density at radius 3 is 2.76 bits per heavy atom. The number of carbonyl (C=O) groups excluding carboxylic acids is 1. The zero-order valence-corrected chi connectivity index (χ0v) is 13.3. The van der Waals surface area contributed by atoms with Crippen LogP contribution in [0.4, 0.5) is 10.1 Å². The Hall–Kier alpha value is -3.04. The van der Waals surface area contributed by atoms with E-state index >= 15 is 0 Å². The molecule has 0 aliphatic rings. The van der Waals surface area contributed by atoms with Crippen molar-refractivity contribution in [3.05, 3.63) is 68.6 Å². The molecule has 0 aliphatic heterocycles. The number of nitrogens with zero attached hydrogens (tertiary/aromatic N) is 3. The van der Waals surface area contributed by atoms with E-state index in [2.05, 4.69) is 5.10 Å². The van der Waals surface area contributed by atoms with E-state index in [9.17, 15) is 19.3 Å². The molecule has 25 heavy (non-hydrogen) atoms. The maximum Gasteiger partial charge on any atom is 0.286 e. The number of fused-ring (bicyclic) bond motifs is 1. The molecule has 0 bridgehead atoms. The highest BCUT2D eigenvalue weighted by Gasteiger charge is 2.20. The van der Waals surface area contributed by atoms with Crippen LogP contribution >= 0.6 is 11.6 Å². The number of aromatic nitrogens is 2. The zero-order chi connectivity index (χ0) is 18.1. The van der Waals surface area contributed by atoms with Gasteiger partial charge < -0.3 is 0 Å². The van der Waals surface area contributed by atoms with E-state index in [0.29, 0.717) is 10.9 Å². The average molecular weight is 364 g/mol. The zero-order valence-electron chi connectivity index (χ0n) is 12.6. The second-order valence-electron chi connectivity index (χ2n) is 5.17. The summed E-state index contributed by atoms with van der Waals surface area (Å²) in [5.41, 5.74) is 2.35. The first kappa shape index (κ1) is 16.8. The third kappa shape index (κ3) is 3.14. The highest BCUT2D eigenvalue weighted by atomic mass is 35.5. The van der Waals surface area contributed by atoms with Gasteiger partial charge >= 0.3 is 0 Å². The molecule has 0 unspecified atom stereocenters. The van der Waals surface area contributed by atoms with Crippen molar-refractivity contribution in [2.75, 3.05) is 0 Å². The molecule has 8 nitrogen and oxygen atoms in total. The third-order valence-electron chi connectivity index (χ3n) is 3.63. The van der Waals surface area contributed by atoms with Gasteiger partial charge in [0.1, 0.15) is 5.82 Å². The van der Waals surface area contributed by atoms with Gasteiger partial charge in [-0.15, -0.1) is 0 Å². The molecule has 0 radical (unpaired) electrons. The van der Waals surface area contributed by atoms with Crippen molar-refractivity contribution in [1.29, 1.82) is 0 Å². The number of nitro groups is 1. The van der Waals surface area contributed by atoms with E-state index in [1.807, 2.05) is 5.43 Å². The summed E-state index contributed by atoms with van der Waals surface area (Å²) in [6, 6.07) is 8.07. The SMILES string of the molecule is NNC(=O)c1nn(Cc2ccc(Cl)cc2F)c2cc([N+](=O)[O-])ccc12. The first-order valence-electron chi connectivity index (χ1n) is 7.00. The Morgan fingerprint density at radius 1 is 1.36 bits per heavy atom. The second-order valence-corrected chi connectivity index (χ2v) is 5.61. The minimum absolute atomic E-state index is 0.0123. The minimum Gasteiger partial charge on any atom is -0.289 e. The van der Waals surface area contributed by atoms with Crippen LogP contribution in [0.1, 0.15) is 16.1 Å². The quantitative estimate of drug-likeness (QED) is 0.319. The average Bonchev–Trinajstić information content (AvgIpc) is 2.94. The summed E-state index contributed by atoms with van der Waals surface area (Å²) in [6.45, 7) is -0.0431. The van der Waals surface area contributed by atoms with Gasteiger partial charge in [-0.3, -0.25) is 25.0 Å². The number of hydrazine groups is 1. The summed E-state index contributed by atoms with van der Waals surface area (Å²) in [5.74, 6) is 3.94. The van der Waals surface area contributed by atoms with Crippen molar-refractivity contribution in [3.63, 3.8) is 0 Å². The molecule has 0 spiro atoms. The van der Waals surface area contributed by atoms with Crippen molar-refractivity contribution in [3.8, 4) is 0 Å². The lowest BCUT2D eigenvalue weighted by molar-refractivity contribution is -0.384. The maximum atomic E-state index is 14.0. The predicted molar refractivity (Wildman–Crippen MR) is 88.6 cm³/mol. The van der Waals surface area contributed by atoms with Crippen molar-refractivity contribution in [2.45, 2.75) is 6.54 Å². The standard InChI is InChI=1S/C15H11ClFN5O3/c16-9-2-1-8(12(17)5-9)7-21-13-6-10(22(24)25)3-4-11(13)14(20-21)15(23)19-18/h1-6H,7,18H2,(H,19,23). The molecule has 10 heteroatoms. The molecule has 1 heterocycles. The fourth-order valence-electron chi connectivity index (χ4n) is 2.44. The molecule has 0 atom stereocenters. The number of nitrogen functional groups attached to an aromatic ring is 1. The fourth-order valence-corrected chi connectivity index (χ4v) is 2.60. The van der Waals surface area contributed by atoms with E-state index in [1.54, 1.807) is 0 Å². The number of nitrogens with two attached hydrogens (primary N) is 1. The Kier molecular flexibility index (Phi) is 4.34. The van der Waals surface area contributed by atoms with Gasteiger partial charge in [0.05, 0.1) is 17.0 Å². The monoisotopic (exact) mass is 363 g/mol. The van der Waals surface area contributed by atoms with Crippen LogP contribution in [-0.4, -0.2) is 20.6 Å². The van der Waals surface area contributed by atoms with Gasteiger partial charge in [-0.2, -0.15) is 5.10 Å². The Morgan fingerprint density at radius 2 is 2.12 bits per heavy atom. The van der Waals surface area contributed by atoms with Crippen molar-refractivity contribution in [2.24, 2.45) is 5.84 Å². The van der Waals surface area contributed by atoms with Crippen molar-refractivity contribution >= 4 is 34.1 Å². The van der Waals surface area contributed by atoms with Crippen LogP contribution in [0, 0.1) is 15.9 Å². The first-order chi connectivity index (χ1) is 11.9. The van der Waals surface area contributed by atoms with Gasteiger partial charge in [0.15, 0.2) is 5.69 Å². The molecule has 0 saturated carbocycles. The van der Waals surface area contributed by atoms with E-state index in [1.165, 1.54) is 35.0 Å². The maximum absolute atomic E-state index is 14.0. The number of nitrogens with one attached hydrogen (secondary N) is 1. The molecule has 3 rings (SSSR count). The predicted octanol–water partition coefficient (Wildman–Crippen LogP) is 2.39. The summed E-state index contributed by atoms with van der Waals surface area (Å²) in [5, 5.41) is 15.7. The van der Waals surface area contributed by atoms with Gasteiger partial charge in [0.2, 0.25) is 0 Å². The lowest BCUT2D eigenvalue weighted by Gasteiger charge is -2.05. The summed E-state index contributed by atoms with van der Waals surface area (Å²) in [6.07, 6.45) is 0. The van der Waals surface area contributed by atoms with Gasteiger partial charge in [-0.25, -0.2) is 10.2 Å². The Bertz CT molecular complexity index is 1000. The first-order valence-corrected chi connectivity index (χ1v) is 7.38. The molecular formula is C15H11ClFN5O3. The number of rotatable bonds is 4. The van der Waals surface area contributed by atoms with Crippen LogP contribution in [0.2, 0.25) is 5.02 Å². The van der Waals surface area contributed by atoms with Crippen LogP contribution in [0.25, 0.3) is 10.9 Å². The summed E-state index contributed by atoms with van der Waals surface area (Å²) >= 11 is 5.73. The number of benzene rings is 2. The molecule has 3 N–H and O–H groups in total. The lowest BCUT2D eigenvalue weighted by Crippen LogP contribution is -2.30. The van der Waals surface area contributed by atoms with Crippen LogP contribution < -0.4 is 11.3 Å². The molecular weight excluding hydrogens is 353 g/mol. The minimum atomic E-state index is -0.658. The molecule has 1 amide bonds. The number of hydrogen-bond acceptors (Lipinski definition) is 5. The van der Waals surface area contributed by atoms with Gasteiger partial charge in [0.25, 0.3) is 11.6 Å². The number of nitro benzene ring substituents is 1. The van der Waals surface area contributed by atoms with Crippen molar-refractivity contribution < 1.29 is 14.1 Å². The van der Waals surface area contributed by atoms with E-state index < -0.39 is 16.6 Å². The molecule has 2 aromatic carbocycles. The van der Waals surface area contributed by atoms with Gasteiger partial charge in [-0.05, 0) is 18.2 Å². The molecule has 0 aliphatic carbocycles. The van der Waals surface area contributed by atoms with E-state index in [0.717, 1.165) is 6.07 Å². The fraction of sp³-hybridized carbons (Fsp3) is 0.0667. The topological polar surface area (TPSA) is 116 Å². The Balaban J connectivity index is 2.16. The lowest BCUT2D eigenvalue weighted by atomic mass is 10.1. The smallest absolute Gasteiger partial charge is 0.286 e. The molecule has 0 saturated heterocycles. The van der Waals surface area contributed by atoms with Gasteiger partial charge in [0, 0.05) is 28.1 Å². The van der Waals surface area contributed by atoms with Crippen LogP contribution in [0.3, 0.4) is 0 Å². The Labute approximate surface area is 145 Å². The third-order valence-corrected chi connectivity index (χ3v) is 3.86. The highest BCUT2D eigenvalue weighted by molar-refractivity contribution is 6.30.